The number of esters is 1. The van der Waals surface area contributed by atoms with Gasteiger partial charge in [0.05, 0.1) is 17.1 Å². The second kappa shape index (κ2) is 9.52. The molecular weight excluding hydrogens is 360 g/mol. The highest BCUT2D eigenvalue weighted by atomic mass is 32.1. The number of carbonyl (C=O) groups excluding carboxylic acids is 2. The second-order valence-electron chi connectivity index (χ2n) is 5.13. The number of nitrogens with one attached hydrogen (secondary N) is 1. The number of thiophene rings is 1. The SMILES string of the molecule is CCOc1ccc(C(=O)OCC(=O)NCCc2cccs2)cc1[N+](=O)[O-]. The van der Waals surface area contributed by atoms with Crippen molar-refractivity contribution in [2.75, 3.05) is 19.8 Å². The molecular formula is C17H18N2O6S. The molecule has 0 aliphatic rings. The van der Waals surface area contributed by atoms with E-state index < -0.39 is 23.4 Å². The fraction of sp³-hybridized carbons (Fsp3) is 0.294. The zero-order chi connectivity index (χ0) is 18.9. The summed E-state index contributed by atoms with van der Waals surface area (Å²) >= 11 is 1.60. The summed E-state index contributed by atoms with van der Waals surface area (Å²) in [7, 11) is 0. The number of hydrogen-bond donors (Lipinski definition) is 1. The standard InChI is InChI=1S/C17H18N2O6S/c1-2-24-15-6-5-12(10-14(15)19(22)23)17(21)25-11-16(20)18-8-7-13-4-3-9-26-13/h3-6,9-10H,2,7-8,11H2,1H3,(H,18,20). The number of nitro benzene ring substituents is 1. The van der Waals surface area contributed by atoms with Gasteiger partial charge in [0.25, 0.3) is 5.91 Å². The summed E-state index contributed by atoms with van der Waals surface area (Å²) in [6, 6.07) is 7.66. The van der Waals surface area contributed by atoms with E-state index in [2.05, 4.69) is 5.32 Å². The molecule has 0 radical (unpaired) electrons. The van der Waals surface area contributed by atoms with Gasteiger partial charge in [-0.25, -0.2) is 4.79 Å². The van der Waals surface area contributed by atoms with Crippen molar-refractivity contribution in [1.29, 1.82) is 0 Å². The van der Waals surface area contributed by atoms with Gasteiger partial charge in [0, 0.05) is 17.5 Å². The monoisotopic (exact) mass is 378 g/mol. The van der Waals surface area contributed by atoms with Crippen molar-refractivity contribution in [3.05, 3.63) is 56.3 Å². The van der Waals surface area contributed by atoms with E-state index in [-0.39, 0.29) is 23.6 Å². The van der Waals surface area contributed by atoms with E-state index in [9.17, 15) is 19.7 Å². The lowest BCUT2D eigenvalue weighted by atomic mass is 10.2. The molecule has 1 N–H and O–H groups in total. The van der Waals surface area contributed by atoms with Gasteiger partial charge in [-0.05, 0) is 36.9 Å². The highest BCUT2D eigenvalue weighted by molar-refractivity contribution is 7.09. The number of nitrogens with zero attached hydrogens (tertiary/aromatic N) is 1. The van der Waals surface area contributed by atoms with Gasteiger partial charge in [-0.15, -0.1) is 11.3 Å². The van der Waals surface area contributed by atoms with Gasteiger partial charge in [-0.2, -0.15) is 0 Å². The Kier molecular flexibility index (Phi) is 7.10. The number of rotatable bonds is 9. The molecule has 0 aliphatic carbocycles. The third kappa shape index (κ3) is 5.55. The van der Waals surface area contributed by atoms with Gasteiger partial charge in [-0.3, -0.25) is 14.9 Å². The first-order chi connectivity index (χ1) is 12.5. The van der Waals surface area contributed by atoms with E-state index in [1.165, 1.54) is 12.1 Å². The van der Waals surface area contributed by atoms with Crippen LogP contribution in [0.5, 0.6) is 5.75 Å². The predicted molar refractivity (Wildman–Crippen MR) is 95.6 cm³/mol. The van der Waals surface area contributed by atoms with Crippen LogP contribution in [0.25, 0.3) is 0 Å². The molecule has 1 aromatic carbocycles. The maximum atomic E-state index is 12.0. The lowest BCUT2D eigenvalue weighted by molar-refractivity contribution is -0.385. The van der Waals surface area contributed by atoms with E-state index in [4.69, 9.17) is 9.47 Å². The topological polar surface area (TPSA) is 108 Å². The van der Waals surface area contributed by atoms with Gasteiger partial charge in [0.1, 0.15) is 0 Å². The molecule has 26 heavy (non-hydrogen) atoms. The molecule has 138 valence electrons. The van der Waals surface area contributed by atoms with Gasteiger partial charge < -0.3 is 14.8 Å². The normalized spacial score (nSPS) is 10.2. The van der Waals surface area contributed by atoms with Crippen molar-refractivity contribution in [3.63, 3.8) is 0 Å². The van der Waals surface area contributed by atoms with Crippen LogP contribution in [0, 0.1) is 10.1 Å². The van der Waals surface area contributed by atoms with E-state index >= 15 is 0 Å². The zero-order valence-corrected chi connectivity index (χ0v) is 14.9. The molecule has 1 amide bonds. The third-order valence-electron chi connectivity index (χ3n) is 3.30. The summed E-state index contributed by atoms with van der Waals surface area (Å²) in [5, 5.41) is 15.7. The van der Waals surface area contributed by atoms with Gasteiger partial charge in [-0.1, -0.05) is 6.07 Å². The highest BCUT2D eigenvalue weighted by Crippen LogP contribution is 2.28. The van der Waals surface area contributed by atoms with Crippen molar-refractivity contribution in [1.82, 2.24) is 5.32 Å². The van der Waals surface area contributed by atoms with Crippen LogP contribution in [0.2, 0.25) is 0 Å². The Bertz CT molecular complexity index is 776. The Labute approximate surface area is 153 Å². The molecule has 8 nitrogen and oxygen atoms in total. The van der Waals surface area contributed by atoms with E-state index in [0.29, 0.717) is 13.0 Å². The van der Waals surface area contributed by atoms with Crippen LogP contribution < -0.4 is 10.1 Å². The van der Waals surface area contributed by atoms with Crippen molar-refractivity contribution < 1.29 is 24.0 Å². The Morgan fingerprint density at radius 3 is 2.77 bits per heavy atom. The summed E-state index contributed by atoms with van der Waals surface area (Å²) in [6.07, 6.45) is 0.697. The Morgan fingerprint density at radius 1 is 1.31 bits per heavy atom. The minimum Gasteiger partial charge on any atom is -0.487 e. The maximum Gasteiger partial charge on any atom is 0.338 e. The Hall–Kier alpha value is -2.94. The van der Waals surface area contributed by atoms with Crippen molar-refractivity contribution in [2.24, 2.45) is 0 Å². The van der Waals surface area contributed by atoms with Crippen molar-refractivity contribution in [2.45, 2.75) is 13.3 Å². The lowest BCUT2D eigenvalue weighted by Crippen LogP contribution is -2.30. The molecule has 0 spiro atoms. The number of hydrogen-bond acceptors (Lipinski definition) is 7. The van der Waals surface area contributed by atoms with Crippen molar-refractivity contribution in [3.8, 4) is 5.75 Å². The van der Waals surface area contributed by atoms with E-state index in [1.54, 1.807) is 18.3 Å². The molecule has 0 fully saturated rings. The molecule has 1 aromatic heterocycles. The molecule has 0 unspecified atom stereocenters. The summed E-state index contributed by atoms with van der Waals surface area (Å²) in [5.41, 5.74) is -0.353. The van der Waals surface area contributed by atoms with Crippen molar-refractivity contribution >= 4 is 28.9 Å². The van der Waals surface area contributed by atoms with Gasteiger partial charge >= 0.3 is 11.7 Å². The lowest BCUT2D eigenvalue weighted by Gasteiger charge is -2.08. The average molecular weight is 378 g/mol. The second-order valence-corrected chi connectivity index (χ2v) is 6.16. The number of carbonyl (C=O) groups is 2. The summed E-state index contributed by atoms with van der Waals surface area (Å²) in [5.74, 6) is -1.18. The first-order valence-electron chi connectivity index (χ1n) is 7.88. The number of benzene rings is 1. The maximum absolute atomic E-state index is 12.0. The molecule has 0 saturated carbocycles. The van der Waals surface area contributed by atoms with E-state index in [1.807, 2.05) is 17.5 Å². The van der Waals surface area contributed by atoms with Crippen LogP contribution in [0.15, 0.2) is 35.7 Å². The van der Waals surface area contributed by atoms with Crippen LogP contribution in [0.3, 0.4) is 0 Å². The van der Waals surface area contributed by atoms with Gasteiger partial charge in [0.2, 0.25) is 0 Å². The molecule has 0 atom stereocenters. The first kappa shape index (κ1) is 19.4. The molecule has 2 rings (SSSR count). The predicted octanol–water partition coefficient (Wildman–Crippen LogP) is 2.57. The Balaban J connectivity index is 1.85. The van der Waals surface area contributed by atoms with Crippen LogP contribution >= 0.6 is 11.3 Å². The summed E-state index contributed by atoms with van der Waals surface area (Å²) < 4.78 is 10.0. The smallest absolute Gasteiger partial charge is 0.338 e. The molecule has 2 aromatic rings. The van der Waals surface area contributed by atoms with E-state index in [0.717, 1.165) is 10.9 Å². The fourth-order valence-corrected chi connectivity index (χ4v) is 2.82. The average Bonchev–Trinajstić information content (AvgIpc) is 3.13. The molecule has 0 saturated heterocycles. The fourth-order valence-electron chi connectivity index (χ4n) is 2.11. The number of amides is 1. The quantitative estimate of drug-likeness (QED) is 0.408. The minimum absolute atomic E-state index is 0.0217. The number of nitro groups is 1. The largest absolute Gasteiger partial charge is 0.487 e. The zero-order valence-electron chi connectivity index (χ0n) is 14.1. The summed E-state index contributed by atoms with van der Waals surface area (Å²) in [4.78, 5) is 35.3. The van der Waals surface area contributed by atoms with Crippen LogP contribution in [-0.2, 0) is 16.0 Å². The van der Waals surface area contributed by atoms with Crippen LogP contribution in [0.4, 0.5) is 5.69 Å². The number of ether oxygens (including phenoxy) is 2. The van der Waals surface area contributed by atoms with Crippen LogP contribution in [0.1, 0.15) is 22.2 Å². The first-order valence-corrected chi connectivity index (χ1v) is 8.76. The summed E-state index contributed by atoms with van der Waals surface area (Å²) in [6.45, 7) is 1.94. The molecule has 1 heterocycles. The van der Waals surface area contributed by atoms with Crippen LogP contribution in [-0.4, -0.2) is 36.6 Å². The highest BCUT2D eigenvalue weighted by Gasteiger charge is 2.19. The molecule has 0 aliphatic heterocycles. The molecule has 9 heteroatoms. The Morgan fingerprint density at radius 2 is 2.12 bits per heavy atom. The molecule has 0 bridgehead atoms. The van der Waals surface area contributed by atoms with Gasteiger partial charge in [0.15, 0.2) is 12.4 Å². The minimum atomic E-state index is -0.815. The third-order valence-corrected chi connectivity index (χ3v) is 4.24.